The van der Waals surface area contributed by atoms with Crippen LogP contribution in [0.5, 0.6) is 0 Å². The van der Waals surface area contributed by atoms with E-state index in [9.17, 15) is 4.79 Å². The number of oxazole rings is 1. The SMILES string of the molecule is Cc1coc(NC(=O)c2cn(CCN)nn2)n1. The Morgan fingerprint density at radius 2 is 2.47 bits per heavy atom. The van der Waals surface area contributed by atoms with Gasteiger partial charge in [-0.1, -0.05) is 5.21 Å². The van der Waals surface area contributed by atoms with Crippen molar-refractivity contribution in [3.8, 4) is 0 Å². The summed E-state index contributed by atoms with van der Waals surface area (Å²) in [7, 11) is 0. The first-order chi connectivity index (χ1) is 8.19. The zero-order chi connectivity index (χ0) is 12.3. The minimum Gasteiger partial charge on any atom is -0.432 e. The van der Waals surface area contributed by atoms with Crippen molar-refractivity contribution >= 4 is 11.9 Å². The molecular weight excluding hydrogens is 224 g/mol. The highest BCUT2D eigenvalue weighted by atomic mass is 16.4. The molecule has 2 aromatic heterocycles. The summed E-state index contributed by atoms with van der Waals surface area (Å²) in [5, 5.41) is 9.93. The molecule has 0 spiro atoms. The predicted molar refractivity (Wildman–Crippen MR) is 58.3 cm³/mol. The number of carbonyl (C=O) groups is 1. The van der Waals surface area contributed by atoms with Crippen molar-refractivity contribution in [2.75, 3.05) is 11.9 Å². The summed E-state index contributed by atoms with van der Waals surface area (Å²) in [6, 6.07) is 0.140. The molecule has 0 saturated carbocycles. The maximum atomic E-state index is 11.7. The van der Waals surface area contributed by atoms with Crippen molar-refractivity contribution in [2.24, 2.45) is 5.73 Å². The predicted octanol–water partition coefficient (Wildman–Crippen LogP) is -0.214. The number of anilines is 1. The van der Waals surface area contributed by atoms with Crippen LogP contribution in [0.4, 0.5) is 6.01 Å². The second-order valence-electron chi connectivity index (χ2n) is 3.40. The maximum Gasteiger partial charge on any atom is 0.301 e. The number of aryl methyl sites for hydroxylation is 1. The quantitative estimate of drug-likeness (QED) is 0.759. The molecule has 0 radical (unpaired) electrons. The molecule has 0 aliphatic rings. The maximum absolute atomic E-state index is 11.7. The first-order valence-electron chi connectivity index (χ1n) is 5.02. The minimum absolute atomic E-state index is 0.140. The Labute approximate surface area is 96.8 Å². The van der Waals surface area contributed by atoms with Gasteiger partial charge in [0, 0.05) is 6.54 Å². The number of nitrogens with zero attached hydrogens (tertiary/aromatic N) is 4. The average Bonchev–Trinajstić information content (AvgIpc) is 2.88. The molecule has 8 nitrogen and oxygen atoms in total. The summed E-state index contributed by atoms with van der Waals surface area (Å²) in [4.78, 5) is 15.6. The first kappa shape index (κ1) is 11.3. The van der Waals surface area contributed by atoms with Gasteiger partial charge in [0.05, 0.1) is 18.4 Å². The Kier molecular flexibility index (Phi) is 3.15. The Morgan fingerprint density at radius 1 is 1.65 bits per heavy atom. The fraction of sp³-hybridized carbons (Fsp3) is 0.333. The van der Waals surface area contributed by atoms with Gasteiger partial charge in [-0.25, -0.2) is 0 Å². The van der Waals surface area contributed by atoms with Gasteiger partial charge >= 0.3 is 6.01 Å². The third kappa shape index (κ3) is 2.67. The molecule has 0 bridgehead atoms. The molecule has 0 aliphatic heterocycles. The van der Waals surface area contributed by atoms with Crippen LogP contribution in [-0.4, -0.2) is 32.4 Å². The fourth-order valence-electron chi connectivity index (χ4n) is 1.22. The first-order valence-corrected chi connectivity index (χ1v) is 5.02. The van der Waals surface area contributed by atoms with Crippen LogP contribution in [-0.2, 0) is 6.54 Å². The van der Waals surface area contributed by atoms with E-state index in [0.29, 0.717) is 18.8 Å². The average molecular weight is 236 g/mol. The van der Waals surface area contributed by atoms with Crippen molar-refractivity contribution < 1.29 is 9.21 Å². The monoisotopic (exact) mass is 236 g/mol. The standard InChI is InChI=1S/C9H12N6O2/c1-6-5-17-9(11-6)12-8(16)7-4-15(3-2-10)14-13-7/h4-5H,2-3,10H2,1H3,(H,11,12,16). The number of carbonyl (C=O) groups excluding carboxylic acids is 1. The molecule has 90 valence electrons. The molecule has 0 atom stereocenters. The lowest BCUT2D eigenvalue weighted by Crippen LogP contribution is -2.13. The smallest absolute Gasteiger partial charge is 0.301 e. The number of hydrogen-bond acceptors (Lipinski definition) is 6. The van der Waals surface area contributed by atoms with E-state index in [1.165, 1.54) is 17.1 Å². The zero-order valence-corrected chi connectivity index (χ0v) is 9.25. The lowest BCUT2D eigenvalue weighted by atomic mass is 10.4. The Balaban J connectivity index is 2.03. The van der Waals surface area contributed by atoms with Crippen molar-refractivity contribution in [2.45, 2.75) is 13.5 Å². The number of nitrogens with two attached hydrogens (primary N) is 1. The van der Waals surface area contributed by atoms with Gasteiger partial charge in [-0.15, -0.1) is 5.10 Å². The van der Waals surface area contributed by atoms with Crippen LogP contribution in [0, 0.1) is 6.92 Å². The van der Waals surface area contributed by atoms with E-state index in [-0.39, 0.29) is 11.7 Å². The molecule has 0 aliphatic carbocycles. The number of hydrogen-bond donors (Lipinski definition) is 2. The normalized spacial score (nSPS) is 10.5. The van der Waals surface area contributed by atoms with Crippen LogP contribution < -0.4 is 11.1 Å². The largest absolute Gasteiger partial charge is 0.432 e. The highest BCUT2D eigenvalue weighted by Crippen LogP contribution is 2.07. The second kappa shape index (κ2) is 4.74. The summed E-state index contributed by atoms with van der Waals surface area (Å²) in [6.45, 7) is 2.71. The van der Waals surface area contributed by atoms with Gasteiger partial charge < -0.3 is 10.2 Å². The van der Waals surface area contributed by atoms with Gasteiger partial charge in [0.2, 0.25) is 0 Å². The fourth-order valence-corrected chi connectivity index (χ4v) is 1.22. The summed E-state index contributed by atoms with van der Waals surface area (Å²) < 4.78 is 6.49. The molecule has 0 fully saturated rings. The third-order valence-corrected chi connectivity index (χ3v) is 1.97. The van der Waals surface area contributed by atoms with Gasteiger partial charge in [-0.2, -0.15) is 4.98 Å². The van der Waals surface area contributed by atoms with Gasteiger partial charge in [-0.05, 0) is 6.92 Å². The lowest BCUT2D eigenvalue weighted by Gasteiger charge is -1.95. The van der Waals surface area contributed by atoms with Crippen LogP contribution in [0.1, 0.15) is 16.2 Å². The van der Waals surface area contributed by atoms with Crippen molar-refractivity contribution in [1.29, 1.82) is 0 Å². The number of rotatable bonds is 4. The molecular formula is C9H12N6O2. The van der Waals surface area contributed by atoms with E-state index < -0.39 is 5.91 Å². The number of nitrogens with one attached hydrogen (secondary N) is 1. The number of amides is 1. The molecule has 2 aromatic rings. The van der Waals surface area contributed by atoms with E-state index >= 15 is 0 Å². The van der Waals surface area contributed by atoms with Gasteiger partial charge in [-0.3, -0.25) is 14.8 Å². The van der Waals surface area contributed by atoms with Crippen molar-refractivity contribution in [3.63, 3.8) is 0 Å². The molecule has 2 heterocycles. The molecule has 1 amide bonds. The second-order valence-corrected chi connectivity index (χ2v) is 3.40. The van der Waals surface area contributed by atoms with Crippen LogP contribution >= 0.6 is 0 Å². The Hall–Kier alpha value is -2.22. The minimum atomic E-state index is -0.421. The summed E-state index contributed by atoms with van der Waals surface area (Å²) >= 11 is 0. The molecule has 17 heavy (non-hydrogen) atoms. The molecule has 0 unspecified atom stereocenters. The molecule has 8 heteroatoms. The van der Waals surface area contributed by atoms with Gasteiger partial charge in [0.1, 0.15) is 6.26 Å². The van der Waals surface area contributed by atoms with Crippen LogP contribution in [0.3, 0.4) is 0 Å². The summed E-state index contributed by atoms with van der Waals surface area (Å²) in [6.07, 6.45) is 2.96. The number of aromatic nitrogens is 4. The van der Waals surface area contributed by atoms with Gasteiger partial charge in [0.15, 0.2) is 5.69 Å². The van der Waals surface area contributed by atoms with Gasteiger partial charge in [0.25, 0.3) is 5.91 Å². The summed E-state index contributed by atoms with van der Waals surface area (Å²) in [5.41, 5.74) is 6.23. The Morgan fingerprint density at radius 3 is 3.12 bits per heavy atom. The van der Waals surface area contributed by atoms with E-state index in [1.54, 1.807) is 6.92 Å². The third-order valence-electron chi connectivity index (χ3n) is 1.97. The van der Waals surface area contributed by atoms with Crippen LogP contribution in [0.15, 0.2) is 16.9 Å². The highest BCUT2D eigenvalue weighted by molar-refractivity contribution is 6.01. The molecule has 0 saturated heterocycles. The molecule has 3 N–H and O–H groups in total. The van der Waals surface area contributed by atoms with Crippen molar-refractivity contribution in [1.82, 2.24) is 20.0 Å². The highest BCUT2D eigenvalue weighted by Gasteiger charge is 2.13. The van der Waals surface area contributed by atoms with Crippen LogP contribution in [0.2, 0.25) is 0 Å². The van der Waals surface area contributed by atoms with E-state index in [1.807, 2.05) is 0 Å². The zero-order valence-electron chi connectivity index (χ0n) is 9.25. The van der Waals surface area contributed by atoms with Crippen LogP contribution in [0.25, 0.3) is 0 Å². The molecule has 0 aromatic carbocycles. The lowest BCUT2D eigenvalue weighted by molar-refractivity contribution is 0.101. The summed E-state index contributed by atoms with van der Waals surface area (Å²) in [5.74, 6) is -0.421. The molecule has 2 rings (SSSR count). The topological polar surface area (TPSA) is 112 Å². The Bertz CT molecular complexity index is 517. The van der Waals surface area contributed by atoms with E-state index in [2.05, 4.69) is 20.6 Å². The van der Waals surface area contributed by atoms with Crippen molar-refractivity contribution in [3.05, 3.63) is 23.8 Å². The van der Waals surface area contributed by atoms with E-state index in [0.717, 1.165) is 0 Å². The van der Waals surface area contributed by atoms with E-state index in [4.69, 9.17) is 10.2 Å².